The van der Waals surface area contributed by atoms with Crippen molar-refractivity contribution in [1.82, 2.24) is 0 Å². The first-order chi connectivity index (χ1) is 15.8. The van der Waals surface area contributed by atoms with Crippen LogP contribution in [0.3, 0.4) is 0 Å². The van der Waals surface area contributed by atoms with Crippen LogP contribution in [0.25, 0.3) is 0 Å². The molecule has 0 aromatic rings. The van der Waals surface area contributed by atoms with Gasteiger partial charge in [-0.05, 0) is 69.2 Å². The van der Waals surface area contributed by atoms with Gasteiger partial charge in [0.2, 0.25) is 0 Å². The molecule has 0 N–H and O–H groups in total. The summed E-state index contributed by atoms with van der Waals surface area (Å²) in [4.78, 5) is 0. The Morgan fingerprint density at radius 2 is 0.857 bits per heavy atom. The van der Waals surface area contributed by atoms with Crippen LogP contribution in [0.1, 0.15) is 69.2 Å². The Labute approximate surface area is 271 Å². The van der Waals surface area contributed by atoms with Gasteiger partial charge in [-0.3, -0.25) is 0 Å². The smallest absolute Gasteiger partial charge is 0.162 e. The van der Waals surface area contributed by atoms with Gasteiger partial charge in [-0.15, -0.1) is 36.0 Å². The van der Waals surface area contributed by atoms with Gasteiger partial charge < -0.3 is 9.24 Å². The molecule has 0 fully saturated rings. The molecule has 1 unspecified atom stereocenters. The Bertz CT molecular complexity index is 642. The van der Waals surface area contributed by atoms with Crippen LogP contribution in [0.2, 0.25) is 0 Å². The van der Waals surface area contributed by atoms with Gasteiger partial charge in [-0.25, -0.2) is 0 Å². The van der Waals surface area contributed by atoms with Crippen molar-refractivity contribution < 1.29 is 0 Å². The lowest BCUT2D eigenvalue weighted by molar-refractivity contribution is 0.541. The maximum absolute atomic E-state index is 8.58. The lowest BCUT2D eigenvalue weighted by Gasteiger charge is -2.11. The monoisotopic (exact) mass is 972 g/mol. The standard InChI is InChI=1S/C8H12N4.C4H6IN.2C4H7N.CH3IP.CH5P.I2/c1-7(2,5-9)11-12-8(3,4)6-10;1-4(2,5)3-6;2*1-4(2)3-5;2-1-3;2*1-2/h1-4H3;1-2H3;2*4H,1-2H3;3H,1H2;2H2,1H3;/q;;;;-1;;. The van der Waals surface area contributed by atoms with Crippen molar-refractivity contribution >= 4 is 101 Å². The zero-order valence-electron chi connectivity index (χ0n) is 22.6. The first-order valence-electron chi connectivity index (χ1n) is 9.93. The Morgan fingerprint density at radius 1 is 0.714 bits per heavy atom. The van der Waals surface area contributed by atoms with Gasteiger partial charge in [0.1, 0.15) is 3.42 Å². The molecule has 0 aliphatic rings. The zero-order valence-corrected chi connectivity index (χ0v) is 33.4. The number of rotatable bonds is 2. The van der Waals surface area contributed by atoms with Gasteiger partial charge >= 0.3 is 0 Å². The minimum absolute atomic E-state index is 0.183. The Balaban J connectivity index is -0.0000000583. The summed E-state index contributed by atoms with van der Waals surface area (Å²) in [6.07, 6.45) is 0. The van der Waals surface area contributed by atoms with E-state index in [0.29, 0.717) is 0 Å². The van der Waals surface area contributed by atoms with E-state index < -0.39 is 11.1 Å². The van der Waals surface area contributed by atoms with E-state index in [4.69, 9.17) is 26.3 Å². The summed E-state index contributed by atoms with van der Waals surface area (Å²) < 4.78 is 0.843. The predicted molar refractivity (Wildman–Crippen MR) is 190 cm³/mol. The molecule has 0 saturated carbocycles. The quantitative estimate of drug-likeness (QED) is 0.117. The van der Waals surface area contributed by atoms with Crippen LogP contribution in [-0.4, -0.2) is 25.3 Å². The van der Waals surface area contributed by atoms with E-state index in [2.05, 4.69) is 117 Å². The number of azo groups is 1. The third-order valence-electron chi connectivity index (χ3n) is 1.88. The van der Waals surface area contributed by atoms with Crippen LogP contribution >= 0.6 is 101 Å². The molecule has 0 heterocycles. The Kier molecular flexibility index (Phi) is 55.3. The molecule has 202 valence electrons. The molecule has 0 aromatic heterocycles. The van der Waals surface area contributed by atoms with E-state index in [1.807, 2.05) is 72.5 Å². The first-order valence-corrected chi connectivity index (χ1v) is 20.7. The summed E-state index contributed by atoms with van der Waals surface area (Å²) >= 11 is 8.52. The molecule has 35 heavy (non-hydrogen) atoms. The summed E-state index contributed by atoms with van der Waals surface area (Å²) in [5.41, 5.74) is -1.68. The molecule has 0 radical (unpaired) electrons. The molecule has 0 spiro atoms. The second-order valence-corrected chi connectivity index (χ2v) is 13.1. The second-order valence-electron chi connectivity index (χ2n) is 7.83. The van der Waals surface area contributed by atoms with Gasteiger partial charge in [0.15, 0.2) is 11.1 Å². The highest BCUT2D eigenvalue weighted by Crippen LogP contribution is 2.14. The largest absolute Gasteiger partial charge is 0.548 e. The van der Waals surface area contributed by atoms with Gasteiger partial charge in [0.05, 0.1) is 30.3 Å². The van der Waals surface area contributed by atoms with E-state index in [1.165, 1.54) is 0 Å². The van der Waals surface area contributed by atoms with Gasteiger partial charge in [-0.2, -0.15) is 36.5 Å². The third kappa shape index (κ3) is 86.5. The number of hydrogen-bond donors (Lipinski definition) is 0. The van der Waals surface area contributed by atoms with Crippen molar-refractivity contribution in [1.29, 1.82) is 26.3 Å². The van der Waals surface area contributed by atoms with E-state index in [0.717, 1.165) is 4.17 Å². The molecule has 1 atom stereocenters. The average molecular weight is 972 g/mol. The SMILES string of the molecule is CC(C)(C#N)N=NC(C)(C)C#N.CC(C)(I)C#N.CC(C)C#N.CC(C)C#N.CP.II.[PH-]CI. The van der Waals surface area contributed by atoms with Crippen molar-refractivity contribution in [3.05, 3.63) is 0 Å². The Hall–Kier alpha value is 0.830. The number of alkyl halides is 2. The minimum Gasteiger partial charge on any atom is -0.548 e. The fourth-order valence-corrected chi connectivity index (χ4v) is 0.295. The molecule has 0 rings (SSSR count). The maximum Gasteiger partial charge on any atom is 0.162 e. The maximum atomic E-state index is 8.58. The van der Waals surface area contributed by atoms with Crippen LogP contribution in [0.15, 0.2) is 10.2 Å². The first kappa shape index (κ1) is 52.3. The molecular formula is C22H40I4N7P2-. The molecule has 0 aliphatic heterocycles. The lowest BCUT2D eigenvalue weighted by Crippen LogP contribution is -2.17. The topological polar surface area (TPSA) is 144 Å². The summed E-state index contributed by atoms with van der Waals surface area (Å²) in [6.45, 7) is 19.7. The van der Waals surface area contributed by atoms with Crippen LogP contribution in [-0.2, 0) is 0 Å². The predicted octanol–water partition coefficient (Wildman–Crippen LogP) is 9.88. The summed E-state index contributed by atoms with van der Waals surface area (Å²) in [5, 5.41) is 48.6. The number of nitriles is 5. The summed E-state index contributed by atoms with van der Waals surface area (Å²) in [5.74, 6) is 0.380. The molecular weight excluding hydrogens is 932 g/mol. The average Bonchev–Trinajstić information content (AvgIpc) is 2.81. The van der Waals surface area contributed by atoms with Crippen molar-refractivity contribution in [2.45, 2.75) is 83.7 Å². The van der Waals surface area contributed by atoms with E-state index in [9.17, 15) is 0 Å². The number of nitrogens with zero attached hydrogens (tertiary/aromatic N) is 7. The van der Waals surface area contributed by atoms with Gasteiger partial charge in [0.25, 0.3) is 0 Å². The summed E-state index contributed by atoms with van der Waals surface area (Å²) in [7, 11) is 5.59. The fourth-order valence-electron chi connectivity index (χ4n) is 0.295. The minimum atomic E-state index is -0.839. The van der Waals surface area contributed by atoms with E-state index in [1.54, 1.807) is 27.7 Å². The van der Waals surface area contributed by atoms with E-state index in [-0.39, 0.29) is 15.3 Å². The molecule has 0 saturated heterocycles. The molecule has 0 amide bonds. The number of hydrogen-bond acceptors (Lipinski definition) is 7. The highest BCUT2D eigenvalue weighted by atomic mass is 128. The van der Waals surface area contributed by atoms with Crippen molar-refractivity contribution in [3.63, 3.8) is 0 Å². The third-order valence-corrected chi connectivity index (χ3v) is 2.12. The van der Waals surface area contributed by atoms with Crippen molar-refractivity contribution in [3.8, 4) is 30.3 Å². The lowest BCUT2D eigenvalue weighted by atomic mass is 10.1. The van der Waals surface area contributed by atoms with Crippen LogP contribution in [0.5, 0.6) is 0 Å². The highest BCUT2D eigenvalue weighted by Gasteiger charge is 2.19. The van der Waals surface area contributed by atoms with Gasteiger partial charge in [-0.1, -0.05) is 29.3 Å². The zero-order chi connectivity index (χ0) is 30.3. The summed E-state index contributed by atoms with van der Waals surface area (Å²) in [6, 6.07) is 10.1. The van der Waals surface area contributed by atoms with Crippen molar-refractivity contribution in [2.75, 3.05) is 10.8 Å². The second kappa shape index (κ2) is 37.0. The normalized spacial score (nSPS) is 9.09. The molecule has 0 bridgehead atoms. The van der Waals surface area contributed by atoms with Crippen LogP contribution < -0.4 is 0 Å². The van der Waals surface area contributed by atoms with Crippen LogP contribution in [0.4, 0.5) is 0 Å². The molecule has 0 aromatic carbocycles. The number of halogens is 4. The van der Waals surface area contributed by atoms with Gasteiger partial charge in [0, 0.05) is 49.1 Å². The van der Waals surface area contributed by atoms with Crippen molar-refractivity contribution in [2.24, 2.45) is 22.1 Å². The molecule has 7 nitrogen and oxygen atoms in total. The van der Waals surface area contributed by atoms with E-state index >= 15 is 0 Å². The molecule has 0 aliphatic carbocycles. The fraction of sp³-hybridized carbons (Fsp3) is 0.773. The molecule has 13 heteroatoms. The highest BCUT2D eigenvalue weighted by molar-refractivity contribution is 15.0. The Morgan fingerprint density at radius 3 is 0.914 bits per heavy atom. The van der Waals surface area contributed by atoms with Crippen LogP contribution in [0, 0.1) is 68.5 Å².